The number of hydrogen-bond acceptors (Lipinski definition) is 4. The van der Waals surface area contributed by atoms with Crippen LogP contribution in [-0.2, 0) is 4.79 Å². The number of aromatic nitrogens is 1. The predicted octanol–water partition coefficient (Wildman–Crippen LogP) is 3.19. The summed E-state index contributed by atoms with van der Waals surface area (Å²) in [4.78, 5) is 19.0. The Morgan fingerprint density at radius 3 is 2.54 bits per heavy atom. The van der Waals surface area contributed by atoms with Crippen molar-refractivity contribution < 1.29 is 9.18 Å². The number of anilines is 1. The van der Waals surface area contributed by atoms with E-state index in [4.69, 9.17) is 5.26 Å². The molecule has 2 heterocycles. The highest BCUT2D eigenvalue weighted by molar-refractivity contribution is 5.79. The van der Waals surface area contributed by atoms with Gasteiger partial charge in [-0.1, -0.05) is 12.1 Å². The number of piperidine rings is 1. The SMILES string of the molecule is C[C@@H](NC(=O)C1CCN(c2ccc(C#N)cn2)CC1)c1ccc(F)cc1. The number of nitrogens with zero attached hydrogens (tertiary/aromatic N) is 3. The van der Waals surface area contributed by atoms with Gasteiger partial charge in [-0.25, -0.2) is 9.37 Å². The maximum absolute atomic E-state index is 13.0. The fourth-order valence-electron chi connectivity index (χ4n) is 3.18. The maximum atomic E-state index is 13.0. The van der Waals surface area contributed by atoms with Gasteiger partial charge in [0.2, 0.25) is 5.91 Å². The number of pyridine rings is 1. The van der Waals surface area contributed by atoms with E-state index in [-0.39, 0.29) is 23.7 Å². The summed E-state index contributed by atoms with van der Waals surface area (Å²) in [6, 6.07) is 11.7. The molecule has 5 nitrogen and oxygen atoms in total. The van der Waals surface area contributed by atoms with Crippen LogP contribution in [0.15, 0.2) is 42.6 Å². The van der Waals surface area contributed by atoms with Crippen LogP contribution < -0.4 is 10.2 Å². The maximum Gasteiger partial charge on any atom is 0.223 e. The molecule has 1 aromatic carbocycles. The predicted molar refractivity (Wildman–Crippen MR) is 96.8 cm³/mol. The van der Waals surface area contributed by atoms with Crippen molar-refractivity contribution in [3.05, 3.63) is 59.5 Å². The summed E-state index contributed by atoms with van der Waals surface area (Å²) in [6.07, 6.45) is 3.08. The Kier molecular flexibility index (Phi) is 5.47. The van der Waals surface area contributed by atoms with E-state index in [1.807, 2.05) is 13.0 Å². The first-order valence-corrected chi connectivity index (χ1v) is 8.74. The molecule has 0 unspecified atom stereocenters. The molecule has 134 valence electrons. The van der Waals surface area contributed by atoms with Crippen LogP contribution in [0.1, 0.15) is 36.9 Å². The van der Waals surface area contributed by atoms with Crippen molar-refractivity contribution in [2.24, 2.45) is 5.92 Å². The minimum atomic E-state index is -0.281. The first-order chi connectivity index (χ1) is 12.6. The second-order valence-electron chi connectivity index (χ2n) is 6.56. The molecule has 1 aliphatic heterocycles. The van der Waals surface area contributed by atoms with Gasteiger partial charge in [-0.3, -0.25) is 4.79 Å². The Labute approximate surface area is 152 Å². The molecule has 0 bridgehead atoms. The van der Waals surface area contributed by atoms with Gasteiger partial charge in [-0.2, -0.15) is 5.26 Å². The minimum absolute atomic E-state index is 0.0347. The summed E-state index contributed by atoms with van der Waals surface area (Å²) in [5.41, 5.74) is 1.43. The summed E-state index contributed by atoms with van der Waals surface area (Å²) in [5, 5.41) is 11.9. The Balaban J connectivity index is 1.53. The summed E-state index contributed by atoms with van der Waals surface area (Å²) in [7, 11) is 0. The molecule has 26 heavy (non-hydrogen) atoms. The van der Waals surface area contributed by atoms with Crippen molar-refractivity contribution >= 4 is 11.7 Å². The third-order valence-electron chi connectivity index (χ3n) is 4.80. The van der Waals surface area contributed by atoms with Gasteiger partial charge in [0, 0.05) is 25.2 Å². The van der Waals surface area contributed by atoms with E-state index in [9.17, 15) is 9.18 Å². The van der Waals surface area contributed by atoms with Gasteiger partial charge in [0.15, 0.2) is 0 Å². The van der Waals surface area contributed by atoms with Crippen LogP contribution in [0.3, 0.4) is 0 Å². The van der Waals surface area contributed by atoms with Gasteiger partial charge in [0.05, 0.1) is 11.6 Å². The highest BCUT2D eigenvalue weighted by Crippen LogP contribution is 2.23. The fourth-order valence-corrected chi connectivity index (χ4v) is 3.18. The lowest BCUT2D eigenvalue weighted by Crippen LogP contribution is -2.41. The molecule has 1 amide bonds. The third kappa shape index (κ3) is 4.17. The molecule has 0 aliphatic carbocycles. The Morgan fingerprint density at radius 2 is 1.96 bits per heavy atom. The number of carbonyl (C=O) groups excluding carboxylic acids is 1. The quantitative estimate of drug-likeness (QED) is 0.917. The van der Waals surface area contributed by atoms with E-state index in [0.717, 1.165) is 37.3 Å². The fraction of sp³-hybridized carbons (Fsp3) is 0.350. The van der Waals surface area contributed by atoms with Crippen LogP contribution in [0.4, 0.5) is 10.2 Å². The van der Waals surface area contributed by atoms with E-state index in [1.54, 1.807) is 24.4 Å². The lowest BCUT2D eigenvalue weighted by molar-refractivity contribution is -0.126. The van der Waals surface area contributed by atoms with Crippen molar-refractivity contribution in [3.8, 4) is 6.07 Å². The number of hydrogen-bond donors (Lipinski definition) is 1. The van der Waals surface area contributed by atoms with E-state index in [1.165, 1.54) is 12.1 Å². The Bertz CT molecular complexity index is 790. The van der Waals surface area contributed by atoms with E-state index >= 15 is 0 Å². The summed E-state index contributed by atoms with van der Waals surface area (Å²) < 4.78 is 13.0. The molecular formula is C20H21FN4O. The molecule has 6 heteroatoms. The van der Waals surface area contributed by atoms with Gasteiger partial charge in [0.1, 0.15) is 17.7 Å². The van der Waals surface area contributed by atoms with Gasteiger partial charge in [0.25, 0.3) is 0 Å². The smallest absolute Gasteiger partial charge is 0.223 e. The van der Waals surface area contributed by atoms with Gasteiger partial charge >= 0.3 is 0 Å². The molecule has 1 atom stereocenters. The normalized spacial score (nSPS) is 16.0. The zero-order valence-electron chi connectivity index (χ0n) is 14.7. The molecule has 0 saturated carbocycles. The number of amides is 1. The zero-order chi connectivity index (χ0) is 18.5. The van der Waals surface area contributed by atoms with Gasteiger partial charge in [-0.15, -0.1) is 0 Å². The van der Waals surface area contributed by atoms with Crippen LogP contribution in [0.5, 0.6) is 0 Å². The molecule has 1 aromatic heterocycles. The highest BCUT2D eigenvalue weighted by Gasteiger charge is 2.26. The molecule has 0 spiro atoms. The van der Waals surface area contributed by atoms with Crippen LogP contribution >= 0.6 is 0 Å². The molecule has 2 aromatic rings. The third-order valence-corrected chi connectivity index (χ3v) is 4.80. The van der Waals surface area contributed by atoms with E-state index < -0.39 is 0 Å². The molecule has 0 radical (unpaired) electrons. The lowest BCUT2D eigenvalue weighted by Gasteiger charge is -2.32. The van der Waals surface area contributed by atoms with Gasteiger partial charge in [-0.05, 0) is 49.6 Å². The number of nitrogens with one attached hydrogen (secondary N) is 1. The topological polar surface area (TPSA) is 69.0 Å². The lowest BCUT2D eigenvalue weighted by atomic mass is 9.95. The van der Waals surface area contributed by atoms with Crippen LogP contribution in [0, 0.1) is 23.1 Å². The molecule has 1 N–H and O–H groups in total. The van der Waals surface area contributed by atoms with Crippen molar-refractivity contribution in [2.45, 2.75) is 25.8 Å². The first kappa shape index (κ1) is 17.9. The van der Waals surface area contributed by atoms with Gasteiger partial charge < -0.3 is 10.2 Å². The molecule has 1 fully saturated rings. The minimum Gasteiger partial charge on any atom is -0.357 e. The monoisotopic (exact) mass is 352 g/mol. The Hall–Kier alpha value is -2.94. The van der Waals surface area contributed by atoms with Crippen molar-refractivity contribution in [3.63, 3.8) is 0 Å². The molecule has 1 aliphatic rings. The first-order valence-electron chi connectivity index (χ1n) is 8.74. The number of nitriles is 1. The van der Waals surface area contributed by atoms with Crippen LogP contribution in [-0.4, -0.2) is 24.0 Å². The number of rotatable bonds is 4. The summed E-state index contributed by atoms with van der Waals surface area (Å²) in [6.45, 7) is 3.41. The van der Waals surface area contributed by atoms with Crippen LogP contribution in [0.2, 0.25) is 0 Å². The zero-order valence-corrected chi connectivity index (χ0v) is 14.7. The number of halogens is 1. The number of benzene rings is 1. The molecule has 1 saturated heterocycles. The van der Waals surface area contributed by atoms with E-state index in [2.05, 4.69) is 21.3 Å². The highest BCUT2D eigenvalue weighted by atomic mass is 19.1. The van der Waals surface area contributed by atoms with Crippen molar-refractivity contribution in [1.29, 1.82) is 5.26 Å². The van der Waals surface area contributed by atoms with E-state index in [0.29, 0.717) is 5.56 Å². The molecule has 3 rings (SSSR count). The standard InChI is InChI=1S/C20H21FN4O/c1-14(16-3-5-18(21)6-4-16)24-20(26)17-8-10-25(11-9-17)19-7-2-15(12-22)13-23-19/h2-7,13-14,17H,8-11H2,1H3,(H,24,26)/t14-/m1/s1. The van der Waals surface area contributed by atoms with Crippen molar-refractivity contribution in [2.75, 3.05) is 18.0 Å². The Morgan fingerprint density at radius 1 is 1.27 bits per heavy atom. The van der Waals surface area contributed by atoms with Crippen LogP contribution in [0.25, 0.3) is 0 Å². The number of carbonyl (C=O) groups is 1. The second kappa shape index (κ2) is 7.96. The largest absolute Gasteiger partial charge is 0.357 e. The molecular weight excluding hydrogens is 331 g/mol. The summed E-state index contributed by atoms with van der Waals surface area (Å²) in [5.74, 6) is 0.556. The average Bonchev–Trinajstić information content (AvgIpc) is 2.68. The average molecular weight is 352 g/mol. The second-order valence-corrected chi connectivity index (χ2v) is 6.56. The summed E-state index contributed by atoms with van der Waals surface area (Å²) >= 11 is 0. The van der Waals surface area contributed by atoms with Crippen molar-refractivity contribution in [1.82, 2.24) is 10.3 Å².